The Bertz CT molecular complexity index is 944. The van der Waals surface area contributed by atoms with Crippen LogP contribution in [0.4, 0.5) is 5.69 Å². The Kier molecular flexibility index (Phi) is 6.50. The third kappa shape index (κ3) is 4.81. The zero-order valence-electron chi connectivity index (χ0n) is 15.8. The minimum Gasteiger partial charge on any atom is -0.467 e. The minimum absolute atomic E-state index is 0.0725. The van der Waals surface area contributed by atoms with Crippen molar-refractivity contribution >= 4 is 23.4 Å². The molecule has 0 saturated heterocycles. The van der Waals surface area contributed by atoms with E-state index in [1.165, 1.54) is 11.8 Å². The summed E-state index contributed by atoms with van der Waals surface area (Å²) in [7, 11) is 0. The predicted octanol–water partition coefficient (Wildman–Crippen LogP) is 3.66. The average molecular weight is 395 g/mol. The summed E-state index contributed by atoms with van der Waals surface area (Å²) >= 11 is 1.34. The zero-order valence-corrected chi connectivity index (χ0v) is 16.6. The van der Waals surface area contributed by atoms with Crippen LogP contribution in [0.5, 0.6) is 0 Å². The first-order valence-corrected chi connectivity index (χ1v) is 9.78. The number of hydrogen-bond donors (Lipinski definition) is 0. The number of amides is 1. The number of carbonyl (C=O) groups excluding carboxylic acids is 1. The number of nitrogens with zero attached hydrogens (tertiary/aromatic N) is 5. The maximum absolute atomic E-state index is 13.1. The van der Waals surface area contributed by atoms with Crippen molar-refractivity contribution in [1.82, 2.24) is 14.8 Å². The molecule has 1 aromatic carbocycles. The third-order valence-corrected chi connectivity index (χ3v) is 5.26. The number of carbonyl (C=O) groups is 1. The molecule has 0 aliphatic heterocycles. The lowest BCUT2D eigenvalue weighted by molar-refractivity contribution is -0.117. The molecule has 8 heteroatoms. The van der Waals surface area contributed by atoms with Crippen LogP contribution in [0.25, 0.3) is 0 Å². The van der Waals surface area contributed by atoms with Crippen molar-refractivity contribution in [3.05, 3.63) is 60.3 Å². The van der Waals surface area contributed by atoms with Crippen LogP contribution in [0.15, 0.2) is 58.6 Å². The Morgan fingerprint density at radius 1 is 1.36 bits per heavy atom. The van der Waals surface area contributed by atoms with Gasteiger partial charge in [0.25, 0.3) is 0 Å². The van der Waals surface area contributed by atoms with Gasteiger partial charge in [-0.2, -0.15) is 5.26 Å². The standard InChI is InChI=1S/C20H21N5O2S/c1-15-6-8-17(9-7-15)25(11-4-10-21)19(26)16(2)28-20-23-22-14-24(20)13-18-5-3-12-27-18/h3,5-9,12,14,16H,4,11,13H2,1-2H3. The summed E-state index contributed by atoms with van der Waals surface area (Å²) in [5, 5.41) is 17.3. The van der Waals surface area contributed by atoms with Crippen molar-refractivity contribution in [1.29, 1.82) is 5.26 Å². The van der Waals surface area contributed by atoms with Gasteiger partial charge in [0.05, 0.1) is 30.5 Å². The second-order valence-corrected chi connectivity index (χ2v) is 7.62. The monoisotopic (exact) mass is 395 g/mol. The lowest BCUT2D eigenvalue weighted by atomic mass is 10.2. The van der Waals surface area contributed by atoms with Gasteiger partial charge in [-0.3, -0.25) is 4.79 Å². The number of rotatable bonds is 8. The number of hydrogen-bond acceptors (Lipinski definition) is 6. The molecule has 3 aromatic rings. The van der Waals surface area contributed by atoms with Crippen LogP contribution in [0.2, 0.25) is 0 Å². The number of aromatic nitrogens is 3. The predicted molar refractivity (Wildman–Crippen MR) is 107 cm³/mol. The molecular formula is C20H21N5O2S. The van der Waals surface area contributed by atoms with Gasteiger partial charge in [0.1, 0.15) is 12.1 Å². The van der Waals surface area contributed by atoms with Crippen LogP contribution in [0, 0.1) is 18.3 Å². The maximum Gasteiger partial charge on any atom is 0.240 e. The fourth-order valence-corrected chi connectivity index (χ4v) is 3.58. The number of thioether (sulfide) groups is 1. The van der Waals surface area contributed by atoms with Crippen LogP contribution >= 0.6 is 11.8 Å². The second-order valence-electron chi connectivity index (χ2n) is 6.31. The largest absolute Gasteiger partial charge is 0.467 e. The maximum atomic E-state index is 13.1. The van der Waals surface area contributed by atoms with Crippen molar-refractivity contribution in [2.75, 3.05) is 11.4 Å². The molecule has 0 fully saturated rings. The first-order valence-electron chi connectivity index (χ1n) is 8.90. The van der Waals surface area contributed by atoms with Crippen LogP contribution < -0.4 is 4.90 Å². The Morgan fingerprint density at radius 3 is 2.82 bits per heavy atom. The van der Waals surface area contributed by atoms with Gasteiger partial charge >= 0.3 is 0 Å². The summed E-state index contributed by atoms with van der Waals surface area (Å²) in [5.41, 5.74) is 1.90. The number of aryl methyl sites for hydroxylation is 1. The van der Waals surface area contributed by atoms with E-state index in [1.54, 1.807) is 17.5 Å². The molecule has 0 aliphatic rings. The number of furan rings is 1. The van der Waals surface area contributed by atoms with E-state index in [1.807, 2.05) is 54.8 Å². The lowest BCUT2D eigenvalue weighted by Crippen LogP contribution is -2.37. The van der Waals surface area contributed by atoms with Crippen molar-refractivity contribution in [2.45, 2.75) is 37.2 Å². The van der Waals surface area contributed by atoms with Crippen molar-refractivity contribution in [2.24, 2.45) is 0 Å². The van der Waals surface area contributed by atoms with Crippen LogP contribution in [0.3, 0.4) is 0 Å². The highest BCUT2D eigenvalue weighted by atomic mass is 32.2. The Hall–Kier alpha value is -3.05. The molecule has 0 radical (unpaired) electrons. The van der Waals surface area contributed by atoms with E-state index in [4.69, 9.17) is 9.68 Å². The molecule has 0 bridgehead atoms. The van der Waals surface area contributed by atoms with Gasteiger partial charge in [-0.25, -0.2) is 0 Å². The van der Waals surface area contributed by atoms with E-state index in [9.17, 15) is 4.79 Å². The molecule has 3 rings (SSSR count). The van der Waals surface area contributed by atoms with Gasteiger partial charge in [0.15, 0.2) is 5.16 Å². The smallest absolute Gasteiger partial charge is 0.240 e. The van der Waals surface area contributed by atoms with E-state index >= 15 is 0 Å². The number of anilines is 1. The van der Waals surface area contributed by atoms with Gasteiger partial charge in [0.2, 0.25) is 5.91 Å². The van der Waals surface area contributed by atoms with Crippen molar-refractivity contribution < 1.29 is 9.21 Å². The highest BCUT2D eigenvalue weighted by molar-refractivity contribution is 8.00. The highest BCUT2D eigenvalue weighted by Crippen LogP contribution is 2.26. The van der Waals surface area contributed by atoms with E-state index in [0.29, 0.717) is 18.2 Å². The topological polar surface area (TPSA) is 88.0 Å². The van der Waals surface area contributed by atoms with Crippen LogP contribution in [-0.2, 0) is 11.3 Å². The van der Waals surface area contributed by atoms with Crippen molar-refractivity contribution in [3.63, 3.8) is 0 Å². The summed E-state index contributed by atoms with van der Waals surface area (Å²) in [6, 6.07) is 13.5. The number of nitriles is 1. The Labute approximate surface area is 168 Å². The molecule has 0 aliphatic carbocycles. The van der Waals surface area contributed by atoms with Gasteiger partial charge in [-0.05, 0) is 38.1 Å². The van der Waals surface area contributed by atoms with Gasteiger partial charge in [-0.15, -0.1) is 10.2 Å². The highest BCUT2D eigenvalue weighted by Gasteiger charge is 2.24. The van der Waals surface area contributed by atoms with E-state index in [-0.39, 0.29) is 17.6 Å². The molecule has 0 spiro atoms. The molecule has 0 N–H and O–H groups in total. The Morgan fingerprint density at radius 2 is 2.14 bits per heavy atom. The van der Waals surface area contributed by atoms with Crippen molar-refractivity contribution in [3.8, 4) is 6.07 Å². The zero-order chi connectivity index (χ0) is 19.9. The molecule has 28 heavy (non-hydrogen) atoms. The average Bonchev–Trinajstić information content (AvgIpc) is 3.36. The molecule has 7 nitrogen and oxygen atoms in total. The lowest BCUT2D eigenvalue weighted by Gasteiger charge is -2.25. The summed E-state index contributed by atoms with van der Waals surface area (Å²) < 4.78 is 7.22. The molecule has 1 unspecified atom stereocenters. The van der Waals surface area contributed by atoms with E-state index in [0.717, 1.165) is 17.0 Å². The molecule has 2 heterocycles. The van der Waals surface area contributed by atoms with E-state index in [2.05, 4.69) is 16.3 Å². The molecular weight excluding hydrogens is 374 g/mol. The van der Waals surface area contributed by atoms with Gasteiger partial charge < -0.3 is 13.9 Å². The molecule has 2 aromatic heterocycles. The number of benzene rings is 1. The summed E-state index contributed by atoms with van der Waals surface area (Å²) in [6.45, 7) is 4.68. The first kappa shape index (κ1) is 19.7. The molecule has 0 saturated carbocycles. The third-order valence-electron chi connectivity index (χ3n) is 4.18. The normalized spacial score (nSPS) is 11.8. The van der Waals surface area contributed by atoms with E-state index < -0.39 is 0 Å². The Balaban J connectivity index is 1.74. The SMILES string of the molecule is Cc1ccc(N(CCC#N)C(=O)C(C)Sc2nncn2Cc2ccco2)cc1. The summed E-state index contributed by atoms with van der Waals surface area (Å²) in [4.78, 5) is 14.8. The van der Waals surface area contributed by atoms with Gasteiger partial charge in [0, 0.05) is 12.2 Å². The second kappa shape index (κ2) is 9.24. The summed E-state index contributed by atoms with van der Waals surface area (Å²) in [6.07, 6.45) is 3.51. The fraction of sp³-hybridized carbons (Fsp3) is 0.300. The first-order chi connectivity index (χ1) is 13.6. The fourth-order valence-electron chi connectivity index (χ4n) is 2.70. The molecule has 1 atom stereocenters. The summed E-state index contributed by atoms with van der Waals surface area (Å²) in [5.74, 6) is 0.715. The van der Waals surface area contributed by atoms with Crippen LogP contribution in [-0.4, -0.2) is 32.5 Å². The van der Waals surface area contributed by atoms with Crippen LogP contribution in [0.1, 0.15) is 24.7 Å². The molecule has 144 valence electrons. The van der Waals surface area contributed by atoms with Gasteiger partial charge in [-0.1, -0.05) is 29.5 Å². The molecule has 1 amide bonds. The quantitative estimate of drug-likeness (QED) is 0.541. The minimum atomic E-state index is -0.389.